The molecule has 5 rings (SSSR count). The maximum absolute atomic E-state index is 12.6. The standard InChI is InChI=1S/C21H27N3O2/c1-20(26)9-15(10-20)19(25)24-12-21(13-24)8-7-14(11-21)18-22-16-5-3-4-6-17(16)23(18)2/h3-6,14-15,26H,7-13H2,1-2H3/t14?,15-,20+. The Morgan fingerprint density at radius 1 is 1.23 bits per heavy atom. The zero-order valence-electron chi connectivity index (χ0n) is 15.6. The Bertz CT molecular complexity index is 871. The molecule has 3 fully saturated rings. The zero-order valence-corrected chi connectivity index (χ0v) is 15.6. The number of imidazole rings is 1. The van der Waals surface area contributed by atoms with Crippen LogP contribution in [0.15, 0.2) is 24.3 Å². The fourth-order valence-corrected chi connectivity index (χ4v) is 5.60. The van der Waals surface area contributed by atoms with Crippen molar-refractivity contribution < 1.29 is 9.90 Å². The number of aliphatic hydroxyl groups is 1. The molecule has 1 N–H and O–H groups in total. The van der Waals surface area contributed by atoms with E-state index in [0.717, 1.165) is 31.4 Å². The van der Waals surface area contributed by atoms with Gasteiger partial charge < -0.3 is 14.6 Å². The molecule has 0 radical (unpaired) electrons. The molecule has 26 heavy (non-hydrogen) atoms. The number of rotatable bonds is 2. The van der Waals surface area contributed by atoms with Gasteiger partial charge in [0.05, 0.1) is 16.6 Å². The first kappa shape index (κ1) is 16.3. The van der Waals surface area contributed by atoms with Crippen LogP contribution in [0.3, 0.4) is 0 Å². The molecule has 2 aromatic rings. The molecule has 3 aliphatic rings. The summed E-state index contributed by atoms with van der Waals surface area (Å²) in [6, 6.07) is 8.33. The second kappa shape index (κ2) is 5.32. The maximum atomic E-state index is 12.6. The van der Waals surface area contributed by atoms with E-state index in [9.17, 15) is 9.90 Å². The zero-order chi connectivity index (χ0) is 18.1. The molecule has 1 spiro atoms. The van der Waals surface area contributed by atoms with Gasteiger partial charge in [0.25, 0.3) is 0 Å². The molecule has 5 heteroatoms. The number of para-hydroxylation sites is 2. The number of nitrogens with zero attached hydrogens (tertiary/aromatic N) is 3. The highest BCUT2D eigenvalue weighted by Gasteiger charge is 2.53. The molecule has 1 unspecified atom stereocenters. The van der Waals surface area contributed by atoms with Gasteiger partial charge >= 0.3 is 0 Å². The molecule has 1 amide bonds. The fourth-order valence-electron chi connectivity index (χ4n) is 5.60. The average Bonchev–Trinajstić information content (AvgIpc) is 3.13. The first-order chi connectivity index (χ1) is 12.4. The highest BCUT2D eigenvalue weighted by molar-refractivity contribution is 5.81. The summed E-state index contributed by atoms with van der Waals surface area (Å²) in [7, 11) is 2.12. The van der Waals surface area contributed by atoms with Gasteiger partial charge in [-0.25, -0.2) is 4.98 Å². The minimum Gasteiger partial charge on any atom is -0.390 e. The Morgan fingerprint density at radius 3 is 2.65 bits per heavy atom. The van der Waals surface area contributed by atoms with Gasteiger partial charge in [0.1, 0.15) is 5.82 Å². The van der Waals surface area contributed by atoms with Crippen LogP contribution in [0.1, 0.15) is 50.8 Å². The van der Waals surface area contributed by atoms with Crippen molar-refractivity contribution in [3.63, 3.8) is 0 Å². The summed E-state index contributed by atoms with van der Waals surface area (Å²) >= 11 is 0. The molecule has 1 saturated heterocycles. The Hall–Kier alpha value is -1.88. The number of fused-ring (bicyclic) bond motifs is 1. The van der Waals surface area contributed by atoms with Crippen LogP contribution >= 0.6 is 0 Å². The van der Waals surface area contributed by atoms with Crippen molar-refractivity contribution in [1.82, 2.24) is 14.5 Å². The third kappa shape index (κ3) is 2.40. The summed E-state index contributed by atoms with van der Waals surface area (Å²) in [4.78, 5) is 19.5. The van der Waals surface area contributed by atoms with Crippen LogP contribution in [0.4, 0.5) is 0 Å². The topological polar surface area (TPSA) is 58.4 Å². The van der Waals surface area contributed by atoms with Crippen molar-refractivity contribution in [3.8, 4) is 0 Å². The molecule has 2 aliphatic carbocycles. The predicted molar refractivity (Wildman–Crippen MR) is 99.7 cm³/mol. The van der Waals surface area contributed by atoms with Crippen LogP contribution in [0.2, 0.25) is 0 Å². The molecule has 1 atom stereocenters. The minimum absolute atomic E-state index is 0.0411. The summed E-state index contributed by atoms with van der Waals surface area (Å²) in [5.74, 6) is 1.99. The monoisotopic (exact) mass is 353 g/mol. The van der Waals surface area contributed by atoms with Gasteiger partial charge in [0.15, 0.2) is 0 Å². The molecule has 1 aliphatic heterocycles. The Labute approximate surface area is 154 Å². The van der Waals surface area contributed by atoms with Gasteiger partial charge in [-0.15, -0.1) is 0 Å². The van der Waals surface area contributed by atoms with Gasteiger partial charge in [-0.1, -0.05) is 12.1 Å². The molecule has 2 saturated carbocycles. The van der Waals surface area contributed by atoms with Crippen molar-refractivity contribution in [2.45, 2.75) is 50.5 Å². The number of amides is 1. The SMILES string of the molecule is Cn1c(C2CCC3(C2)CN(C(=O)[C@H]2C[C@@](C)(O)C2)C3)nc2ccccc21. The number of carbonyl (C=O) groups excluding carboxylic acids is 1. The van der Waals surface area contributed by atoms with Gasteiger partial charge in [-0.05, 0) is 51.2 Å². The van der Waals surface area contributed by atoms with E-state index in [4.69, 9.17) is 4.98 Å². The van der Waals surface area contributed by atoms with Crippen LogP contribution in [0.25, 0.3) is 11.0 Å². The number of hydrogen-bond donors (Lipinski definition) is 1. The van der Waals surface area contributed by atoms with E-state index in [1.54, 1.807) is 0 Å². The van der Waals surface area contributed by atoms with E-state index in [-0.39, 0.29) is 11.8 Å². The number of carbonyl (C=O) groups is 1. The largest absolute Gasteiger partial charge is 0.390 e. The smallest absolute Gasteiger partial charge is 0.225 e. The summed E-state index contributed by atoms with van der Waals surface area (Å²) in [6.07, 6.45) is 4.73. The highest BCUT2D eigenvalue weighted by Crippen LogP contribution is 2.52. The molecular formula is C21H27N3O2. The van der Waals surface area contributed by atoms with Crippen molar-refractivity contribution in [1.29, 1.82) is 0 Å². The third-order valence-electron chi connectivity index (χ3n) is 6.98. The van der Waals surface area contributed by atoms with Crippen LogP contribution in [-0.2, 0) is 11.8 Å². The Balaban J connectivity index is 1.25. The van der Waals surface area contributed by atoms with Crippen molar-refractivity contribution >= 4 is 16.9 Å². The van der Waals surface area contributed by atoms with E-state index >= 15 is 0 Å². The third-order valence-corrected chi connectivity index (χ3v) is 6.98. The number of benzene rings is 1. The van der Waals surface area contributed by atoms with Crippen LogP contribution in [0, 0.1) is 11.3 Å². The number of hydrogen-bond acceptors (Lipinski definition) is 3. The summed E-state index contributed by atoms with van der Waals surface area (Å²) in [5, 5.41) is 9.88. The van der Waals surface area contributed by atoms with Gasteiger partial charge in [0.2, 0.25) is 5.91 Å². The summed E-state index contributed by atoms with van der Waals surface area (Å²) < 4.78 is 2.25. The van der Waals surface area contributed by atoms with E-state index in [1.807, 2.05) is 17.9 Å². The summed E-state index contributed by atoms with van der Waals surface area (Å²) in [5.41, 5.74) is 1.95. The molecule has 1 aromatic carbocycles. The number of aryl methyl sites for hydroxylation is 1. The normalized spacial score (nSPS) is 32.7. The van der Waals surface area contributed by atoms with Crippen molar-refractivity contribution in [2.75, 3.05) is 13.1 Å². The molecule has 138 valence electrons. The number of aromatic nitrogens is 2. The van der Waals surface area contributed by atoms with Gasteiger partial charge in [-0.3, -0.25) is 4.79 Å². The molecule has 5 nitrogen and oxygen atoms in total. The lowest BCUT2D eigenvalue weighted by Crippen LogP contribution is -2.61. The first-order valence-electron chi connectivity index (χ1n) is 9.78. The molecule has 2 heterocycles. The molecule has 1 aromatic heterocycles. The van der Waals surface area contributed by atoms with E-state index < -0.39 is 5.60 Å². The predicted octanol–water partition coefficient (Wildman–Crippen LogP) is 2.83. The number of likely N-dealkylation sites (tertiary alicyclic amines) is 1. The Morgan fingerprint density at radius 2 is 1.96 bits per heavy atom. The van der Waals surface area contributed by atoms with E-state index in [1.165, 1.54) is 17.8 Å². The lowest BCUT2D eigenvalue weighted by molar-refractivity contribution is -0.161. The first-order valence-corrected chi connectivity index (χ1v) is 9.78. The highest BCUT2D eigenvalue weighted by atomic mass is 16.3. The quantitative estimate of drug-likeness (QED) is 0.903. The van der Waals surface area contributed by atoms with E-state index in [2.05, 4.69) is 29.8 Å². The van der Waals surface area contributed by atoms with Crippen LogP contribution in [0.5, 0.6) is 0 Å². The molecular weight excluding hydrogens is 326 g/mol. The Kier molecular flexibility index (Phi) is 3.34. The minimum atomic E-state index is -0.623. The van der Waals surface area contributed by atoms with Gasteiger partial charge in [0, 0.05) is 37.4 Å². The maximum Gasteiger partial charge on any atom is 0.225 e. The average molecular weight is 353 g/mol. The lowest BCUT2D eigenvalue weighted by Gasteiger charge is -2.52. The van der Waals surface area contributed by atoms with Gasteiger partial charge in [-0.2, -0.15) is 0 Å². The lowest BCUT2D eigenvalue weighted by atomic mass is 9.69. The fraction of sp³-hybridized carbons (Fsp3) is 0.619. The second-order valence-corrected chi connectivity index (χ2v) is 9.25. The second-order valence-electron chi connectivity index (χ2n) is 9.25. The van der Waals surface area contributed by atoms with Crippen LogP contribution < -0.4 is 0 Å². The van der Waals surface area contributed by atoms with Crippen LogP contribution in [-0.4, -0.2) is 44.2 Å². The van der Waals surface area contributed by atoms with Crippen molar-refractivity contribution in [3.05, 3.63) is 30.1 Å². The van der Waals surface area contributed by atoms with E-state index in [0.29, 0.717) is 24.2 Å². The summed E-state index contributed by atoms with van der Waals surface area (Å²) in [6.45, 7) is 3.61. The van der Waals surface area contributed by atoms with Crippen molar-refractivity contribution in [2.24, 2.45) is 18.4 Å². The molecule has 0 bridgehead atoms.